The number of fused-ring (bicyclic) bond motifs is 4. The second-order valence-electron chi connectivity index (χ2n) is 14.0. The van der Waals surface area contributed by atoms with E-state index >= 15 is 4.79 Å². The van der Waals surface area contributed by atoms with Crippen molar-refractivity contribution >= 4 is 40.7 Å². The normalized spacial score (nSPS) is 26.2. The van der Waals surface area contributed by atoms with Gasteiger partial charge in [0.05, 0.1) is 46.1 Å². The number of hydrogen-bond acceptors (Lipinski definition) is 9. The van der Waals surface area contributed by atoms with Crippen LogP contribution in [0.15, 0.2) is 115 Å². The van der Waals surface area contributed by atoms with Crippen molar-refractivity contribution in [1.82, 2.24) is 5.01 Å². The van der Waals surface area contributed by atoms with Gasteiger partial charge in [-0.3, -0.25) is 39.6 Å². The first-order valence-electron chi connectivity index (χ1n) is 17.6. The SMILES string of the molecule is Cc1ccc(NN2C(=O)[C@@H]3C[C@@H]4C(=CC[C@@H]5C(=O)N(c6ccc([N+](=O)[O-])cc6)C(=O)[C@@H]54)[C@H](c4ccc(OCCO)cc4)[C@]3(c3ccccc3)C2=O)cc1. The minimum Gasteiger partial charge on any atom is -0.491 e. The van der Waals surface area contributed by atoms with Gasteiger partial charge in [-0.2, -0.15) is 5.01 Å². The molecule has 4 aliphatic rings. The molecule has 2 aliphatic heterocycles. The number of nitrogens with zero attached hydrogens (tertiary/aromatic N) is 3. The summed E-state index contributed by atoms with van der Waals surface area (Å²) in [5.74, 6) is -4.89. The molecule has 4 aromatic rings. The number of aryl methyl sites for hydroxylation is 1. The summed E-state index contributed by atoms with van der Waals surface area (Å²) in [6, 6.07) is 29.2. The van der Waals surface area contributed by atoms with Gasteiger partial charge >= 0.3 is 0 Å². The number of nitrogens with one attached hydrogen (secondary N) is 1. The van der Waals surface area contributed by atoms with Crippen LogP contribution in [0.4, 0.5) is 17.1 Å². The molecule has 1 saturated carbocycles. The molecule has 0 aromatic heterocycles. The lowest BCUT2D eigenvalue weighted by Crippen LogP contribution is -2.53. The Morgan fingerprint density at radius 1 is 0.868 bits per heavy atom. The number of hydrogen-bond donors (Lipinski definition) is 2. The number of aliphatic hydroxyl groups is 1. The molecule has 4 amide bonds. The Balaban J connectivity index is 1.27. The van der Waals surface area contributed by atoms with Gasteiger partial charge in [-0.05, 0) is 73.2 Å². The lowest BCUT2D eigenvalue weighted by Gasteiger charge is -2.50. The number of allylic oxidation sites excluding steroid dienone is 2. The number of non-ortho nitro benzene ring substituents is 1. The molecular formula is C41H36N4O8. The molecule has 6 atom stereocenters. The minimum atomic E-state index is -1.41. The van der Waals surface area contributed by atoms with Crippen LogP contribution in [0.25, 0.3) is 0 Å². The number of hydrazine groups is 1. The van der Waals surface area contributed by atoms with E-state index in [1.807, 2.05) is 67.6 Å². The van der Waals surface area contributed by atoms with Crippen molar-refractivity contribution in [2.75, 3.05) is 23.5 Å². The van der Waals surface area contributed by atoms with E-state index in [0.717, 1.165) is 26.6 Å². The van der Waals surface area contributed by atoms with Gasteiger partial charge in [0.25, 0.3) is 17.5 Å². The predicted molar refractivity (Wildman–Crippen MR) is 193 cm³/mol. The maximum Gasteiger partial charge on any atom is 0.269 e. The summed E-state index contributed by atoms with van der Waals surface area (Å²) < 4.78 is 5.66. The quantitative estimate of drug-likeness (QED) is 0.0994. The summed E-state index contributed by atoms with van der Waals surface area (Å²) in [5, 5.41) is 21.8. The molecule has 2 saturated heterocycles. The first-order chi connectivity index (χ1) is 25.6. The van der Waals surface area contributed by atoms with Gasteiger partial charge in [-0.15, -0.1) is 0 Å². The van der Waals surface area contributed by atoms with Gasteiger partial charge in [0.2, 0.25) is 11.8 Å². The topological polar surface area (TPSA) is 159 Å². The average molecular weight is 713 g/mol. The lowest BCUT2D eigenvalue weighted by atomic mass is 9.49. The van der Waals surface area contributed by atoms with Crippen LogP contribution in [0, 0.1) is 40.7 Å². The molecule has 0 spiro atoms. The zero-order valence-electron chi connectivity index (χ0n) is 28.8. The highest BCUT2D eigenvalue weighted by Crippen LogP contribution is 2.64. The zero-order valence-corrected chi connectivity index (χ0v) is 28.8. The van der Waals surface area contributed by atoms with Crippen LogP contribution in [0.5, 0.6) is 5.75 Å². The monoisotopic (exact) mass is 712 g/mol. The number of aliphatic hydroxyl groups excluding tert-OH is 1. The molecule has 2 N–H and O–H groups in total. The molecule has 2 aliphatic carbocycles. The number of ether oxygens (including phenoxy) is 1. The Kier molecular flexibility index (Phi) is 8.41. The van der Waals surface area contributed by atoms with E-state index in [1.165, 1.54) is 24.3 Å². The van der Waals surface area contributed by atoms with Gasteiger partial charge in [-0.1, -0.05) is 71.8 Å². The molecule has 12 nitrogen and oxygen atoms in total. The molecule has 0 unspecified atom stereocenters. The van der Waals surface area contributed by atoms with Crippen molar-refractivity contribution in [2.24, 2.45) is 23.7 Å². The highest BCUT2D eigenvalue weighted by molar-refractivity contribution is 6.22. The second-order valence-corrected chi connectivity index (χ2v) is 14.0. The fraction of sp³-hybridized carbons (Fsp3) is 0.268. The number of nitro groups is 1. The van der Waals surface area contributed by atoms with E-state index in [0.29, 0.717) is 17.0 Å². The van der Waals surface area contributed by atoms with E-state index in [-0.39, 0.29) is 37.4 Å². The Hall–Kier alpha value is -6.14. The number of carbonyl (C=O) groups is 4. The van der Waals surface area contributed by atoms with E-state index < -0.39 is 63.6 Å². The largest absolute Gasteiger partial charge is 0.491 e. The van der Waals surface area contributed by atoms with Crippen molar-refractivity contribution in [3.8, 4) is 5.75 Å². The van der Waals surface area contributed by atoms with Gasteiger partial charge in [0.15, 0.2) is 0 Å². The minimum absolute atomic E-state index is 0.100. The van der Waals surface area contributed by atoms with E-state index in [2.05, 4.69) is 5.43 Å². The molecule has 0 radical (unpaired) electrons. The van der Waals surface area contributed by atoms with Crippen LogP contribution in [0.2, 0.25) is 0 Å². The van der Waals surface area contributed by atoms with E-state index in [1.54, 1.807) is 24.3 Å². The number of imide groups is 2. The third kappa shape index (κ3) is 5.31. The van der Waals surface area contributed by atoms with Crippen molar-refractivity contribution in [3.63, 3.8) is 0 Å². The zero-order chi connectivity index (χ0) is 37.0. The fourth-order valence-electron chi connectivity index (χ4n) is 9.02. The molecule has 8 rings (SSSR count). The van der Waals surface area contributed by atoms with Crippen LogP contribution < -0.4 is 15.1 Å². The Morgan fingerprint density at radius 2 is 1.57 bits per heavy atom. The fourth-order valence-corrected chi connectivity index (χ4v) is 9.02. The third-order valence-corrected chi connectivity index (χ3v) is 11.3. The number of carbonyl (C=O) groups excluding carboxylic acids is 4. The van der Waals surface area contributed by atoms with Gasteiger partial charge in [-0.25, -0.2) is 0 Å². The highest BCUT2D eigenvalue weighted by atomic mass is 16.6. The summed E-state index contributed by atoms with van der Waals surface area (Å²) in [5.41, 5.74) is 5.53. The van der Waals surface area contributed by atoms with Gasteiger partial charge in [0.1, 0.15) is 12.4 Å². The number of benzene rings is 4. The summed E-state index contributed by atoms with van der Waals surface area (Å²) >= 11 is 0. The van der Waals surface area contributed by atoms with Crippen molar-refractivity contribution in [1.29, 1.82) is 0 Å². The van der Waals surface area contributed by atoms with Crippen LogP contribution >= 0.6 is 0 Å². The Labute approximate surface area is 304 Å². The molecule has 53 heavy (non-hydrogen) atoms. The first-order valence-corrected chi connectivity index (χ1v) is 17.6. The van der Waals surface area contributed by atoms with Crippen molar-refractivity contribution in [2.45, 2.75) is 31.1 Å². The van der Waals surface area contributed by atoms with Crippen LogP contribution in [0.1, 0.15) is 35.4 Å². The summed E-state index contributed by atoms with van der Waals surface area (Å²) in [7, 11) is 0. The smallest absolute Gasteiger partial charge is 0.269 e. The lowest BCUT2D eigenvalue weighted by molar-refractivity contribution is -0.384. The molecule has 268 valence electrons. The van der Waals surface area contributed by atoms with Crippen molar-refractivity contribution in [3.05, 3.63) is 142 Å². The predicted octanol–water partition coefficient (Wildman–Crippen LogP) is 5.46. The maximum atomic E-state index is 15.3. The number of anilines is 2. The van der Waals surface area contributed by atoms with Crippen LogP contribution in [0.3, 0.4) is 0 Å². The molecule has 3 fully saturated rings. The average Bonchev–Trinajstić information content (AvgIpc) is 3.56. The van der Waals surface area contributed by atoms with E-state index in [9.17, 15) is 29.6 Å². The molecule has 12 heteroatoms. The molecule has 4 aromatic carbocycles. The highest BCUT2D eigenvalue weighted by Gasteiger charge is 2.70. The van der Waals surface area contributed by atoms with Crippen molar-refractivity contribution < 1.29 is 33.9 Å². The second kappa shape index (κ2) is 13.1. The first kappa shape index (κ1) is 34.0. The standard InChI is InChI=1S/C41H36N4O8/c1-24-7-11-27(12-8-24)42-44-38(48)34-23-33-31(19-20-32-35(33)39(49)43(37(32)47)28-13-15-29(16-14-28)45(51)52)36(25-9-17-30(18-10-25)53-22-21-46)41(34,40(44)50)26-5-3-2-4-6-26/h2-19,32-36,42,46H,20-23H2,1H3/t32-,33+,34-,35-,36-,41+/m0/s1. The number of amides is 4. The molecule has 2 heterocycles. The van der Waals surface area contributed by atoms with Crippen LogP contribution in [-0.4, -0.2) is 51.9 Å². The van der Waals surface area contributed by atoms with E-state index in [4.69, 9.17) is 4.74 Å². The summed E-state index contributed by atoms with van der Waals surface area (Å²) in [6.07, 6.45) is 2.35. The Morgan fingerprint density at radius 3 is 2.23 bits per heavy atom. The summed E-state index contributed by atoms with van der Waals surface area (Å²) in [6.45, 7) is 1.88. The summed E-state index contributed by atoms with van der Waals surface area (Å²) in [4.78, 5) is 70.4. The van der Waals surface area contributed by atoms with Crippen LogP contribution in [-0.2, 0) is 24.6 Å². The van der Waals surface area contributed by atoms with Gasteiger partial charge in [0, 0.05) is 18.1 Å². The van der Waals surface area contributed by atoms with Gasteiger partial charge < -0.3 is 9.84 Å². The number of nitro benzene ring substituents is 1. The number of rotatable bonds is 9. The third-order valence-electron chi connectivity index (χ3n) is 11.3. The molecule has 0 bridgehead atoms. The molecular weight excluding hydrogens is 676 g/mol. The maximum absolute atomic E-state index is 15.3. The Bertz CT molecular complexity index is 2150.